The molecule has 0 aliphatic carbocycles. The van der Waals surface area contributed by atoms with Crippen LogP contribution in [0.15, 0.2) is 41.3 Å². The summed E-state index contributed by atoms with van der Waals surface area (Å²) in [7, 11) is -1.05. The molecule has 0 fully saturated rings. The van der Waals surface area contributed by atoms with Crippen molar-refractivity contribution in [3.8, 4) is 0 Å². The van der Waals surface area contributed by atoms with Crippen molar-refractivity contribution >= 4 is 16.6 Å². The Morgan fingerprint density at radius 3 is 2.47 bits per heavy atom. The molecule has 0 aromatic heterocycles. The van der Waals surface area contributed by atoms with Crippen molar-refractivity contribution < 1.29 is 9.00 Å². The Balaban J connectivity index is 2.62. The van der Waals surface area contributed by atoms with Gasteiger partial charge in [-0.15, -0.1) is 0 Å². The van der Waals surface area contributed by atoms with Crippen LogP contribution in [0.1, 0.15) is 12.5 Å². The van der Waals surface area contributed by atoms with Crippen LogP contribution in [0.2, 0.25) is 0 Å². The minimum absolute atomic E-state index is 0.0177. The molecule has 0 radical (unpaired) electrons. The Morgan fingerprint density at radius 2 is 1.93 bits per heavy atom. The molecule has 1 rings (SSSR count). The number of hydrogen-bond donors (Lipinski definition) is 0. The summed E-state index contributed by atoms with van der Waals surface area (Å²) in [6.07, 6.45) is 3.10. The lowest BCUT2D eigenvalue weighted by Crippen LogP contribution is -1.95. The summed E-state index contributed by atoms with van der Waals surface area (Å²) >= 11 is 0. The fraction of sp³-hybridized carbons (Fsp3) is 0.250. The zero-order chi connectivity index (χ0) is 11.3. The first-order valence-electron chi connectivity index (χ1n) is 4.72. The summed E-state index contributed by atoms with van der Waals surface area (Å²) in [4.78, 5) is 11.4. The van der Waals surface area contributed by atoms with Crippen LogP contribution in [-0.4, -0.2) is 15.7 Å². The Morgan fingerprint density at radius 1 is 1.33 bits per heavy atom. The summed E-state index contributed by atoms with van der Waals surface area (Å²) in [6.45, 7) is 3.47. The Hall–Kier alpha value is -1.22. The van der Waals surface area contributed by atoms with Gasteiger partial charge in [0.25, 0.3) is 0 Å². The van der Waals surface area contributed by atoms with Gasteiger partial charge in [-0.25, -0.2) is 0 Å². The molecular weight excluding hydrogens is 208 g/mol. The van der Waals surface area contributed by atoms with E-state index in [1.165, 1.54) is 13.0 Å². The molecule has 2 nitrogen and oxygen atoms in total. The number of aryl methyl sites for hydroxylation is 1. The molecule has 1 aromatic rings. The van der Waals surface area contributed by atoms with Crippen LogP contribution in [0.25, 0.3) is 0 Å². The highest BCUT2D eigenvalue weighted by Crippen LogP contribution is 2.08. The second-order valence-electron chi connectivity index (χ2n) is 3.34. The molecule has 0 bridgehead atoms. The predicted molar refractivity (Wildman–Crippen MR) is 62.3 cm³/mol. The van der Waals surface area contributed by atoms with Crippen LogP contribution in [0, 0.1) is 6.92 Å². The molecule has 0 spiro atoms. The lowest BCUT2D eigenvalue weighted by Gasteiger charge is -1.99. The highest BCUT2D eigenvalue weighted by Gasteiger charge is 2.00. The summed E-state index contributed by atoms with van der Waals surface area (Å²) in [5.74, 6) is 0.374. The van der Waals surface area contributed by atoms with Crippen LogP contribution < -0.4 is 0 Å². The number of hydrogen-bond acceptors (Lipinski definition) is 2. The SMILES string of the molecule is CC(=O)/C=C/C[S@@](=O)c1ccc(C)cc1. The monoisotopic (exact) mass is 222 g/mol. The topological polar surface area (TPSA) is 34.1 Å². The molecule has 0 N–H and O–H groups in total. The molecule has 15 heavy (non-hydrogen) atoms. The zero-order valence-corrected chi connectivity index (χ0v) is 9.71. The van der Waals surface area contributed by atoms with Crippen molar-refractivity contribution in [3.05, 3.63) is 42.0 Å². The molecule has 1 atom stereocenters. The average molecular weight is 222 g/mol. The van der Waals surface area contributed by atoms with Crippen molar-refractivity contribution in [1.82, 2.24) is 0 Å². The maximum atomic E-state index is 11.7. The quantitative estimate of drug-likeness (QED) is 0.732. The number of benzene rings is 1. The van der Waals surface area contributed by atoms with E-state index in [9.17, 15) is 9.00 Å². The van der Waals surface area contributed by atoms with Gasteiger partial charge in [0, 0.05) is 10.6 Å². The van der Waals surface area contributed by atoms with Gasteiger partial charge in [-0.1, -0.05) is 23.8 Å². The largest absolute Gasteiger partial charge is 0.295 e. The molecular formula is C12H14O2S. The van der Waals surface area contributed by atoms with E-state index in [-0.39, 0.29) is 5.78 Å². The molecule has 0 heterocycles. The maximum Gasteiger partial charge on any atom is 0.152 e. The van der Waals surface area contributed by atoms with Gasteiger partial charge in [0.05, 0.1) is 10.8 Å². The van der Waals surface area contributed by atoms with E-state index in [0.29, 0.717) is 5.75 Å². The van der Waals surface area contributed by atoms with E-state index >= 15 is 0 Å². The van der Waals surface area contributed by atoms with Gasteiger partial charge in [-0.2, -0.15) is 0 Å². The summed E-state index contributed by atoms with van der Waals surface area (Å²) in [6, 6.07) is 7.57. The minimum Gasteiger partial charge on any atom is -0.295 e. The van der Waals surface area contributed by atoms with Crippen molar-refractivity contribution in [3.63, 3.8) is 0 Å². The summed E-state index contributed by atoms with van der Waals surface area (Å²) < 4.78 is 11.7. The number of allylic oxidation sites excluding steroid dienone is 1. The first-order valence-corrected chi connectivity index (χ1v) is 6.03. The van der Waals surface area contributed by atoms with Crippen LogP contribution in [-0.2, 0) is 15.6 Å². The Bertz CT molecular complexity index is 391. The molecule has 0 aliphatic rings. The molecule has 0 amide bonds. The van der Waals surface area contributed by atoms with Gasteiger partial charge >= 0.3 is 0 Å². The molecule has 0 saturated heterocycles. The van der Waals surface area contributed by atoms with Gasteiger partial charge in [-0.3, -0.25) is 9.00 Å². The van der Waals surface area contributed by atoms with Crippen molar-refractivity contribution in [2.45, 2.75) is 18.7 Å². The van der Waals surface area contributed by atoms with Crippen molar-refractivity contribution in [1.29, 1.82) is 0 Å². The van der Waals surface area contributed by atoms with Crippen molar-refractivity contribution in [2.24, 2.45) is 0 Å². The Kier molecular flexibility index (Phi) is 4.43. The minimum atomic E-state index is -1.05. The van der Waals surface area contributed by atoms with Gasteiger partial charge in [0.15, 0.2) is 5.78 Å². The fourth-order valence-electron chi connectivity index (χ4n) is 1.09. The number of carbonyl (C=O) groups is 1. The number of carbonyl (C=O) groups excluding carboxylic acids is 1. The van der Waals surface area contributed by atoms with E-state index in [1.807, 2.05) is 31.2 Å². The van der Waals surface area contributed by atoms with E-state index in [4.69, 9.17) is 0 Å². The normalized spacial score (nSPS) is 12.9. The number of ketones is 1. The van der Waals surface area contributed by atoms with E-state index < -0.39 is 10.8 Å². The number of rotatable bonds is 4. The van der Waals surface area contributed by atoms with E-state index in [2.05, 4.69) is 0 Å². The summed E-state index contributed by atoms with van der Waals surface area (Å²) in [5.41, 5.74) is 1.15. The molecule has 1 aromatic carbocycles. The third kappa shape index (κ3) is 4.21. The molecule has 80 valence electrons. The first kappa shape index (κ1) is 11.9. The van der Waals surface area contributed by atoms with Gasteiger partial charge in [0.1, 0.15) is 0 Å². The second kappa shape index (κ2) is 5.61. The fourth-order valence-corrected chi connectivity index (χ4v) is 1.99. The first-order chi connectivity index (χ1) is 7.09. The van der Waals surface area contributed by atoms with Crippen molar-refractivity contribution in [2.75, 3.05) is 5.75 Å². The molecule has 3 heteroatoms. The lowest BCUT2D eigenvalue weighted by atomic mass is 10.2. The predicted octanol–water partition coefficient (Wildman–Crippen LogP) is 2.25. The van der Waals surface area contributed by atoms with Crippen LogP contribution >= 0.6 is 0 Å². The maximum absolute atomic E-state index is 11.7. The smallest absolute Gasteiger partial charge is 0.152 e. The Labute approximate surface area is 92.5 Å². The third-order valence-electron chi connectivity index (χ3n) is 1.88. The average Bonchev–Trinajstić information content (AvgIpc) is 2.18. The van der Waals surface area contributed by atoms with Gasteiger partial charge in [0.2, 0.25) is 0 Å². The second-order valence-corrected chi connectivity index (χ2v) is 4.83. The third-order valence-corrected chi connectivity index (χ3v) is 3.18. The van der Waals surface area contributed by atoms with Crippen LogP contribution in [0.4, 0.5) is 0 Å². The zero-order valence-electron chi connectivity index (χ0n) is 8.90. The van der Waals surface area contributed by atoms with Crippen LogP contribution in [0.5, 0.6) is 0 Å². The van der Waals surface area contributed by atoms with Gasteiger partial charge < -0.3 is 0 Å². The van der Waals surface area contributed by atoms with E-state index in [1.54, 1.807) is 6.08 Å². The molecule has 0 unspecified atom stereocenters. The molecule has 0 saturated carbocycles. The highest BCUT2D eigenvalue weighted by atomic mass is 32.2. The standard InChI is InChI=1S/C12H14O2S/c1-10-5-7-12(8-6-10)15(14)9-3-4-11(2)13/h3-8H,9H2,1-2H3/b4-3+/t15-/m1/s1. The lowest BCUT2D eigenvalue weighted by molar-refractivity contribution is -0.112. The van der Waals surface area contributed by atoms with Gasteiger partial charge in [-0.05, 0) is 32.1 Å². The summed E-state index contributed by atoms with van der Waals surface area (Å²) in [5, 5.41) is 0. The van der Waals surface area contributed by atoms with E-state index in [0.717, 1.165) is 10.5 Å². The van der Waals surface area contributed by atoms with Crippen LogP contribution in [0.3, 0.4) is 0 Å². The highest BCUT2D eigenvalue weighted by molar-refractivity contribution is 7.85. The molecule has 0 aliphatic heterocycles.